The van der Waals surface area contributed by atoms with Crippen molar-refractivity contribution >= 4 is 17.5 Å². The zero-order chi connectivity index (χ0) is 21.4. The van der Waals surface area contributed by atoms with Gasteiger partial charge in [0.25, 0.3) is 0 Å². The van der Waals surface area contributed by atoms with Crippen molar-refractivity contribution in [3.05, 3.63) is 65.2 Å². The van der Waals surface area contributed by atoms with E-state index >= 15 is 0 Å². The zero-order valence-electron chi connectivity index (χ0n) is 16.2. The average molecular weight is 410 g/mol. The van der Waals surface area contributed by atoms with Crippen LogP contribution in [0.4, 0.5) is 23.7 Å². The lowest BCUT2D eigenvalue weighted by molar-refractivity contribution is -0.137. The number of carbonyl (C=O) groups is 1. The monoisotopic (exact) mass is 410 g/mol. The highest BCUT2D eigenvalue weighted by Gasteiger charge is 2.29. The first-order chi connectivity index (χ1) is 13.8. The maximum atomic E-state index is 12.6. The maximum Gasteiger partial charge on any atom is 0.416 e. The number of amides is 1. The number of methoxy groups -OCH3 is 2. The third-order valence-electron chi connectivity index (χ3n) is 3.95. The first-order valence-corrected chi connectivity index (χ1v) is 8.54. The first-order valence-electron chi connectivity index (χ1n) is 8.54. The number of benzene rings is 2. The van der Waals surface area contributed by atoms with Crippen molar-refractivity contribution < 1.29 is 32.3 Å². The van der Waals surface area contributed by atoms with Crippen LogP contribution < -0.4 is 4.90 Å². The van der Waals surface area contributed by atoms with Gasteiger partial charge < -0.3 is 14.3 Å². The molecule has 0 bridgehead atoms. The summed E-state index contributed by atoms with van der Waals surface area (Å²) in [5.41, 5.74) is 1.41. The SMILES string of the molecule is COCN(C(=O)OC)c1ccccc1/C(C)=N/OCc1ccc(C(F)(F)F)cc1. The molecule has 0 N–H and O–H groups in total. The number of hydrogen-bond acceptors (Lipinski definition) is 5. The maximum absolute atomic E-state index is 12.6. The van der Waals surface area contributed by atoms with E-state index in [1.807, 2.05) is 0 Å². The smallest absolute Gasteiger partial charge is 0.416 e. The second kappa shape index (κ2) is 9.92. The molecule has 0 aliphatic heterocycles. The molecule has 2 aromatic rings. The molecule has 0 spiro atoms. The Balaban J connectivity index is 2.15. The number of anilines is 1. The number of para-hydroxylation sites is 1. The summed E-state index contributed by atoms with van der Waals surface area (Å²) >= 11 is 0. The summed E-state index contributed by atoms with van der Waals surface area (Å²) in [6.07, 6.45) is -4.98. The van der Waals surface area contributed by atoms with Gasteiger partial charge in [-0.15, -0.1) is 0 Å². The molecule has 0 aliphatic rings. The van der Waals surface area contributed by atoms with Crippen molar-refractivity contribution in [1.29, 1.82) is 0 Å². The van der Waals surface area contributed by atoms with E-state index in [0.29, 0.717) is 22.5 Å². The molecule has 0 saturated carbocycles. The molecule has 1 amide bonds. The van der Waals surface area contributed by atoms with Gasteiger partial charge >= 0.3 is 12.3 Å². The minimum Gasteiger partial charge on any atom is -0.452 e. The lowest BCUT2D eigenvalue weighted by Crippen LogP contribution is -2.33. The van der Waals surface area contributed by atoms with Crippen LogP contribution in [0.25, 0.3) is 0 Å². The van der Waals surface area contributed by atoms with Crippen molar-refractivity contribution in [3.8, 4) is 0 Å². The normalized spacial score (nSPS) is 11.9. The Labute approximate surface area is 166 Å². The summed E-state index contributed by atoms with van der Waals surface area (Å²) < 4.78 is 47.7. The number of rotatable bonds is 7. The van der Waals surface area contributed by atoms with Crippen LogP contribution in [0.1, 0.15) is 23.6 Å². The molecule has 0 saturated heterocycles. The Hall–Kier alpha value is -3.07. The van der Waals surface area contributed by atoms with Crippen LogP contribution in [0.15, 0.2) is 53.7 Å². The molecule has 0 atom stereocenters. The fraction of sp³-hybridized carbons (Fsp3) is 0.300. The van der Waals surface area contributed by atoms with Crippen LogP contribution in [0.2, 0.25) is 0 Å². The molecule has 6 nitrogen and oxygen atoms in total. The Kier molecular flexibility index (Phi) is 7.60. The van der Waals surface area contributed by atoms with Gasteiger partial charge in [0, 0.05) is 12.7 Å². The van der Waals surface area contributed by atoms with E-state index < -0.39 is 17.8 Å². The van der Waals surface area contributed by atoms with Crippen molar-refractivity contribution in [3.63, 3.8) is 0 Å². The second-order valence-corrected chi connectivity index (χ2v) is 5.98. The molecule has 9 heteroatoms. The minimum atomic E-state index is -4.38. The van der Waals surface area contributed by atoms with Crippen molar-refractivity contribution in [2.45, 2.75) is 19.7 Å². The summed E-state index contributed by atoms with van der Waals surface area (Å²) in [6.45, 7) is 1.66. The Morgan fingerprint density at radius 1 is 1.07 bits per heavy atom. The van der Waals surface area contributed by atoms with Gasteiger partial charge in [0.05, 0.1) is 24.1 Å². The number of hydrogen-bond donors (Lipinski definition) is 0. The van der Waals surface area contributed by atoms with E-state index in [1.165, 1.54) is 31.3 Å². The van der Waals surface area contributed by atoms with Gasteiger partial charge in [0.1, 0.15) is 13.3 Å². The molecule has 2 rings (SSSR count). The van der Waals surface area contributed by atoms with Gasteiger partial charge in [-0.3, -0.25) is 4.90 Å². The van der Waals surface area contributed by atoms with E-state index in [1.54, 1.807) is 31.2 Å². The Morgan fingerprint density at radius 3 is 2.31 bits per heavy atom. The topological polar surface area (TPSA) is 60.4 Å². The summed E-state index contributed by atoms with van der Waals surface area (Å²) in [4.78, 5) is 18.6. The second-order valence-electron chi connectivity index (χ2n) is 5.98. The molecule has 0 radical (unpaired) electrons. The Morgan fingerprint density at radius 2 is 1.72 bits per heavy atom. The van der Waals surface area contributed by atoms with Crippen LogP contribution in [0.3, 0.4) is 0 Å². The molecule has 0 heterocycles. The summed E-state index contributed by atoms with van der Waals surface area (Å²) in [5.74, 6) is 0. The van der Waals surface area contributed by atoms with Crippen molar-refractivity contribution in [1.82, 2.24) is 0 Å². The average Bonchev–Trinajstić information content (AvgIpc) is 2.71. The van der Waals surface area contributed by atoms with Crippen LogP contribution in [-0.4, -0.2) is 32.8 Å². The standard InChI is InChI=1S/C20H21F3N2O4/c1-14(24-29-12-15-8-10-16(11-9-15)20(21,22)23)17-6-4-5-7-18(17)25(13-27-2)19(26)28-3/h4-11H,12-13H2,1-3H3/b24-14+. The van der Waals surface area contributed by atoms with E-state index in [0.717, 1.165) is 12.1 Å². The first kappa shape index (κ1) is 22.2. The molecule has 2 aromatic carbocycles. The van der Waals surface area contributed by atoms with Crippen molar-refractivity contribution in [2.75, 3.05) is 25.9 Å². The highest BCUT2D eigenvalue weighted by atomic mass is 19.4. The molecule has 0 aliphatic carbocycles. The highest BCUT2D eigenvalue weighted by molar-refractivity contribution is 6.06. The number of alkyl halides is 3. The van der Waals surface area contributed by atoms with Gasteiger partial charge in [-0.2, -0.15) is 13.2 Å². The third-order valence-corrected chi connectivity index (χ3v) is 3.95. The summed E-state index contributed by atoms with van der Waals surface area (Å²) in [5, 5.41) is 4.02. The molecule has 156 valence electrons. The van der Waals surface area contributed by atoms with Gasteiger partial charge in [-0.25, -0.2) is 4.79 Å². The van der Waals surface area contributed by atoms with E-state index in [4.69, 9.17) is 14.3 Å². The third kappa shape index (κ3) is 5.95. The number of halogens is 3. The fourth-order valence-corrected chi connectivity index (χ4v) is 2.52. The van der Waals surface area contributed by atoms with E-state index in [-0.39, 0.29) is 13.3 Å². The largest absolute Gasteiger partial charge is 0.452 e. The van der Waals surface area contributed by atoms with Gasteiger partial charge in [-0.05, 0) is 30.7 Å². The fourth-order valence-electron chi connectivity index (χ4n) is 2.52. The molecular formula is C20H21F3N2O4. The molecule has 0 unspecified atom stereocenters. The number of ether oxygens (including phenoxy) is 2. The summed E-state index contributed by atoms with van der Waals surface area (Å²) in [6, 6.07) is 11.6. The minimum absolute atomic E-state index is 0.00354. The van der Waals surface area contributed by atoms with Gasteiger partial charge in [0.15, 0.2) is 0 Å². The number of oxime groups is 1. The Bertz CT molecular complexity index is 852. The highest BCUT2D eigenvalue weighted by Crippen LogP contribution is 2.29. The van der Waals surface area contributed by atoms with Gasteiger partial charge in [0.2, 0.25) is 0 Å². The molecular weight excluding hydrogens is 389 g/mol. The van der Waals surface area contributed by atoms with Crippen LogP contribution in [0.5, 0.6) is 0 Å². The summed E-state index contributed by atoms with van der Waals surface area (Å²) in [7, 11) is 2.72. The van der Waals surface area contributed by atoms with E-state index in [2.05, 4.69) is 5.16 Å². The lowest BCUT2D eigenvalue weighted by Gasteiger charge is -2.22. The molecule has 0 aromatic heterocycles. The van der Waals surface area contributed by atoms with Crippen LogP contribution in [-0.2, 0) is 27.1 Å². The number of carbonyl (C=O) groups excluding carboxylic acids is 1. The zero-order valence-corrected chi connectivity index (χ0v) is 16.2. The van der Waals surface area contributed by atoms with E-state index in [9.17, 15) is 18.0 Å². The predicted molar refractivity (Wildman–Crippen MR) is 102 cm³/mol. The predicted octanol–water partition coefficient (Wildman–Crippen LogP) is 4.82. The molecule has 29 heavy (non-hydrogen) atoms. The van der Waals surface area contributed by atoms with Crippen LogP contribution >= 0.6 is 0 Å². The molecule has 0 fully saturated rings. The van der Waals surface area contributed by atoms with Gasteiger partial charge in [-0.1, -0.05) is 35.5 Å². The lowest BCUT2D eigenvalue weighted by atomic mass is 10.1. The number of nitrogens with zero attached hydrogens (tertiary/aromatic N) is 2. The van der Waals surface area contributed by atoms with Crippen LogP contribution in [0, 0.1) is 0 Å². The van der Waals surface area contributed by atoms with Crippen molar-refractivity contribution in [2.24, 2.45) is 5.16 Å². The quantitative estimate of drug-likeness (QED) is 0.373.